The van der Waals surface area contributed by atoms with E-state index < -0.39 is 23.3 Å². The molecule has 146 valence electrons. The monoisotopic (exact) mass is 391 g/mol. The van der Waals surface area contributed by atoms with Crippen molar-refractivity contribution in [2.24, 2.45) is 0 Å². The summed E-state index contributed by atoms with van der Waals surface area (Å²) < 4.78 is 49.3. The van der Waals surface area contributed by atoms with Crippen LogP contribution in [0, 0.1) is 0 Å². The van der Waals surface area contributed by atoms with E-state index in [1.54, 1.807) is 12.1 Å². The van der Waals surface area contributed by atoms with E-state index in [9.17, 15) is 22.8 Å². The van der Waals surface area contributed by atoms with Gasteiger partial charge >= 0.3 is 11.8 Å². The van der Waals surface area contributed by atoms with Gasteiger partial charge in [-0.15, -0.1) is 0 Å². The molecule has 3 rings (SSSR count). The van der Waals surface area contributed by atoms with Crippen molar-refractivity contribution in [1.82, 2.24) is 0 Å². The summed E-state index contributed by atoms with van der Waals surface area (Å²) in [6, 6.07) is 11.3. The predicted octanol–water partition coefficient (Wildman–Crippen LogP) is 4.39. The van der Waals surface area contributed by atoms with Gasteiger partial charge in [-0.3, -0.25) is 4.79 Å². The van der Waals surface area contributed by atoms with E-state index in [1.807, 2.05) is 19.1 Å². The molecule has 0 saturated carbocycles. The van der Waals surface area contributed by atoms with Crippen LogP contribution >= 0.6 is 0 Å². The number of halogens is 3. The summed E-state index contributed by atoms with van der Waals surface area (Å²) in [6.07, 6.45) is -3.81. The van der Waals surface area contributed by atoms with Gasteiger partial charge in [0.05, 0.1) is 5.56 Å². The molecule has 0 aliphatic heterocycles. The number of amides is 1. The molecule has 3 aromatic rings. The van der Waals surface area contributed by atoms with Gasteiger partial charge in [0.15, 0.2) is 6.61 Å². The number of carbonyl (C=O) groups is 1. The minimum absolute atomic E-state index is 0.103. The summed E-state index contributed by atoms with van der Waals surface area (Å²) in [5, 5.41) is 2.39. The normalized spacial score (nSPS) is 11.4. The highest BCUT2D eigenvalue weighted by atomic mass is 19.4. The van der Waals surface area contributed by atoms with Crippen LogP contribution in [0.4, 0.5) is 18.9 Å². The highest BCUT2D eigenvalue weighted by molar-refractivity contribution is 5.92. The molecule has 0 aliphatic carbocycles. The Bertz CT molecular complexity index is 1060. The second kappa shape index (κ2) is 7.75. The molecule has 0 fully saturated rings. The summed E-state index contributed by atoms with van der Waals surface area (Å²) >= 11 is 0. The number of fused-ring (bicyclic) bond motifs is 1. The van der Waals surface area contributed by atoms with Crippen molar-refractivity contribution in [3.8, 4) is 5.75 Å². The Morgan fingerprint density at radius 1 is 1.11 bits per heavy atom. The van der Waals surface area contributed by atoms with E-state index in [2.05, 4.69) is 5.32 Å². The van der Waals surface area contributed by atoms with Crippen molar-refractivity contribution >= 4 is 22.6 Å². The van der Waals surface area contributed by atoms with Crippen LogP contribution in [0.1, 0.15) is 18.1 Å². The fraction of sp³-hybridized carbons (Fsp3) is 0.200. The Labute approximate surface area is 157 Å². The summed E-state index contributed by atoms with van der Waals surface area (Å²) in [5.41, 5.74) is -0.744. The van der Waals surface area contributed by atoms with Crippen molar-refractivity contribution in [2.75, 3.05) is 11.9 Å². The van der Waals surface area contributed by atoms with Crippen molar-refractivity contribution in [3.63, 3.8) is 0 Å². The Morgan fingerprint density at radius 3 is 2.46 bits per heavy atom. The molecule has 0 radical (unpaired) electrons. The first-order valence-electron chi connectivity index (χ1n) is 8.43. The van der Waals surface area contributed by atoms with Gasteiger partial charge in [-0.2, -0.15) is 13.2 Å². The molecule has 28 heavy (non-hydrogen) atoms. The Kier molecular flexibility index (Phi) is 5.39. The molecule has 1 N–H and O–H groups in total. The van der Waals surface area contributed by atoms with Gasteiger partial charge in [0.25, 0.3) is 5.91 Å². The van der Waals surface area contributed by atoms with Crippen LogP contribution in [0.15, 0.2) is 57.7 Å². The lowest BCUT2D eigenvalue weighted by Crippen LogP contribution is -2.20. The van der Waals surface area contributed by atoms with Gasteiger partial charge in [-0.05, 0) is 36.2 Å². The molecule has 5 nitrogen and oxygen atoms in total. The molecule has 0 spiro atoms. The van der Waals surface area contributed by atoms with Gasteiger partial charge in [-0.25, -0.2) is 4.79 Å². The fourth-order valence-electron chi connectivity index (χ4n) is 2.64. The van der Waals surface area contributed by atoms with Crippen molar-refractivity contribution in [2.45, 2.75) is 19.5 Å². The van der Waals surface area contributed by atoms with Crippen molar-refractivity contribution < 1.29 is 27.1 Å². The quantitative estimate of drug-likeness (QED) is 0.655. The topological polar surface area (TPSA) is 68.5 Å². The molecule has 0 bridgehead atoms. The summed E-state index contributed by atoms with van der Waals surface area (Å²) in [7, 11) is 0. The molecule has 1 amide bonds. The van der Waals surface area contributed by atoms with E-state index in [1.165, 1.54) is 6.07 Å². The zero-order valence-corrected chi connectivity index (χ0v) is 14.8. The largest absolute Gasteiger partial charge is 0.484 e. The van der Waals surface area contributed by atoms with Crippen LogP contribution in [-0.4, -0.2) is 12.5 Å². The maximum absolute atomic E-state index is 13.0. The number of carbonyl (C=O) groups excluding carboxylic acids is 1. The Balaban J connectivity index is 1.72. The highest BCUT2D eigenvalue weighted by Gasteiger charge is 2.33. The molecule has 0 aliphatic rings. The number of hydrogen-bond donors (Lipinski definition) is 1. The maximum atomic E-state index is 13.0. The first kappa shape index (κ1) is 19.5. The lowest BCUT2D eigenvalue weighted by atomic mass is 10.1. The molecule has 1 heterocycles. The Morgan fingerprint density at radius 2 is 1.82 bits per heavy atom. The van der Waals surface area contributed by atoms with Crippen molar-refractivity contribution in [1.29, 1.82) is 0 Å². The predicted molar refractivity (Wildman–Crippen MR) is 97.4 cm³/mol. The van der Waals surface area contributed by atoms with Gasteiger partial charge in [0.1, 0.15) is 11.3 Å². The van der Waals surface area contributed by atoms with Crippen LogP contribution < -0.4 is 15.7 Å². The van der Waals surface area contributed by atoms with Gasteiger partial charge in [0, 0.05) is 23.2 Å². The van der Waals surface area contributed by atoms with Gasteiger partial charge in [0.2, 0.25) is 0 Å². The van der Waals surface area contributed by atoms with Crippen LogP contribution in [0.3, 0.4) is 0 Å². The third kappa shape index (κ3) is 4.51. The lowest BCUT2D eigenvalue weighted by Gasteiger charge is -2.11. The number of rotatable bonds is 5. The van der Waals surface area contributed by atoms with Gasteiger partial charge < -0.3 is 14.5 Å². The van der Waals surface area contributed by atoms with Crippen molar-refractivity contribution in [3.05, 3.63) is 70.1 Å². The summed E-state index contributed by atoms with van der Waals surface area (Å²) in [4.78, 5) is 23.4. The number of ether oxygens (including phenoxy) is 1. The number of nitrogens with one attached hydrogen (secondary N) is 1. The van der Waals surface area contributed by atoms with Crippen LogP contribution in [0.2, 0.25) is 0 Å². The van der Waals surface area contributed by atoms with Crippen LogP contribution in [-0.2, 0) is 17.4 Å². The molecule has 2 aromatic carbocycles. The van der Waals surface area contributed by atoms with E-state index >= 15 is 0 Å². The number of aryl methyl sites for hydroxylation is 1. The summed E-state index contributed by atoms with van der Waals surface area (Å²) in [5.74, 6) is -0.332. The number of benzene rings is 2. The minimum Gasteiger partial charge on any atom is -0.484 e. The molecule has 8 heteroatoms. The number of hydrogen-bond acceptors (Lipinski definition) is 4. The molecule has 0 saturated heterocycles. The molecule has 0 atom stereocenters. The average molecular weight is 391 g/mol. The lowest BCUT2D eigenvalue weighted by molar-refractivity contribution is -0.136. The highest BCUT2D eigenvalue weighted by Crippen LogP contribution is 2.34. The van der Waals surface area contributed by atoms with E-state index in [-0.39, 0.29) is 23.3 Å². The smallest absolute Gasteiger partial charge is 0.417 e. The van der Waals surface area contributed by atoms with Crippen LogP contribution in [0.5, 0.6) is 5.75 Å². The Hall–Kier alpha value is -3.29. The zero-order valence-electron chi connectivity index (χ0n) is 14.8. The zero-order chi connectivity index (χ0) is 20.3. The van der Waals surface area contributed by atoms with E-state index in [0.717, 1.165) is 24.1 Å². The number of anilines is 1. The third-order valence-electron chi connectivity index (χ3n) is 4.04. The fourth-order valence-corrected chi connectivity index (χ4v) is 2.64. The SMILES string of the molecule is CCc1ccc(NC(=O)COc2ccc3c(C(F)(F)F)cc(=O)oc3c2)cc1. The first-order valence-corrected chi connectivity index (χ1v) is 8.43. The van der Waals surface area contributed by atoms with Crippen LogP contribution in [0.25, 0.3) is 11.0 Å². The van der Waals surface area contributed by atoms with E-state index in [4.69, 9.17) is 9.15 Å². The number of alkyl halides is 3. The minimum atomic E-state index is -4.69. The van der Waals surface area contributed by atoms with Gasteiger partial charge in [-0.1, -0.05) is 19.1 Å². The maximum Gasteiger partial charge on any atom is 0.417 e. The van der Waals surface area contributed by atoms with E-state index in [0.29, 0.717) is 11.8 Å². The molecular weight excluding hydrogens is 375 g/mol. The second-order valence-corrected chi connectivity index (χ2v) is 6.02. The standard InChI is InChI=1S/C20H16F3NO4/c1-2-12-3-5-13(6-4-12)24-18(25)11-27-14-7-8-15-16(20(21,22)23)10-19(26)28-17(15)9-14/h3-10H,2,11H2,1H3,(H,24,25). The first-order chi connectivity index (χ1) is 13.3. The summed E-state index contributed by atoms with van der Waals surface area (Å²) in [6.45, 7) is 1.66. The molecule has 0 unspecified atom stereocenters. The molecular formula is C20H16F3NO4. The molecule has 1 aromatic heterocycles. The third-order valence-corrected chi connectivity index (χ3v) is 4.04. The average Bonchev–Trinajstić information content (AvgIpc) is 2.65. The second-order valence-electron chi connectivity index (χ2n) is 6.02.